The summed E-state index contributed by atoms with van der Waals surface area (Å²) in [6.45, 7) is 5.69. The fourth-order valence-electron chi connectivity index (χ4n) is 4.00. The molecule has 9 nitrogen and oxygen atoms in total. The predicted molar refractivity (Wildman–Crippen MR) is 134 cm³/mol. The number of hydrogen-bond donors (Lipinski definition) is 2. The fraction of sp³-hybridized carbons (Fsp3) is 0.269. The lowest BCUT2D eigenvalue weighted by Gasteiger charge is -2.26. The van der Waals surface area contributed by atoms with Crippen LogP contribution in [0.15, 0.2) is 64.2 Å². The smallest absolute Gasteiger partial charge is 0.251 e. The van der Waals surface area contributed by atoms with Gasteiger partial charge in [0.2, 0.25) is 0 Å². The van der Waals surface area contributed by atoms with E-state index in [1.165, 1.54) is 16.8 Å². The number of benzene rings is 1. The molecule has 0 bridgehead atoms. The molecule has 0 aliphatic carbocycles. The molecular formula is C26H27N7O2. The summed E-state index contributed by atoms with van der Waals surface area (Å²) in [5.41, 5.74) is 14.8. The van der Waals surface area contributed by atoms with Gasteiger partial charge >= 0.3 is 0 Å². The van der Waals surface area contributed by atoms with Crippen LogP contribution in [-0.2, 0) is 5.54 Å². The molecule has 0 spiro atoms. The Morgan fingerprint density at radius 3 is 2.60 bits per heavy atom. The van der Waals surface area contributed by atoms with E-state index in [1.807, 2.05) is 45.0 Å². The molecule has 9 heteroatoms. The van der Waals surface area contributed by atoms with Gasteiger partial charge in [0, 0.05) is 35.5 Å². The van der Waals surface area contributed by atoms with E-state index in [0.29, 0.717) is 41.2 Å². The van der Waals surface area contributed by atoms with Gasteiger partial charge in [0.15, 0.2) is 17.3 Å². The zero-order valence-corrected chi connectivity index (χ0v) is 19.9. The minimum absolute atomic E-state index is 0.108. The normalized spacial score (nSPS) is 12.3. The molecule has 0 aliphatic rings. The van der Waals surface area contributed by atoms with Crippen molar-refractivity contribution in [1.29, 1.82) is 5.26 Å². The number of anilines is 1. The van der Waals surface area contributed by atoms with Gasteiger partial charge in [0.1, 0.15) is 11.2 Å². The van der Waals surface area contributed by atoms with Crippen molar-refractivity contribution in [2.75, 3.05) is 5.73 Å². The van der Waals surface area contributed by atoms with Gasteiger partial charge in [-0.3, -0.25) is 9.36 Å². The summed E-state index contributed by atoms with van der Waals surface area (Å²) < 4.78 is 7.03. The van der Waals surface area contributed by atoms with E-state index >= 15 is 0 Å². The highest BCUT2D eigenvalue weighted by Gasteiger charge is 2.29. The molecule has 3 heterocycles. The van der Waals surface area contributed by atoms with Crippen molar-refractivity contribution in [1.82, 2.24) is 19.7 Å². The average Bonchev–Trinajstić information content (AvgIpc) is 3.37. The van der Waals surface area contributed by atoms with Gasteiger partial charge in [0.25, 0.3) is 5.56 Å². The van der Waals surface area contributed by atoms with Gasteiger partial charge in [-0.25, -0.2) is 9.97 Å². The molecule has 0 saturated carbocycles. The van der Waals surface area contributed by atoms with Crippen molar-refractivity contribution in [3.63, 3.8) is 0 Å². The lowest BCUT2D eigenvalue weighted by Crippen LogP contribution is -2.38. The van der Waals surface area contributed by atoms with Crippen LogP contribution < -0.4 is 17.0 Å². The first-order valence-electron chi connectivity index (χ1n) is 11.4. The lowest BCUT2D eigenvalue weighted by molar-refractivity contribution is 0.345. The Balaban J connectivity index is 1.75. The molecule has 0 amide bonds. The highest BCUT2D eigenvalue weighted by atomic mass is 16.5. The average molecular weight is 470 g/mol. The minimum atomic E-state index is -0.938. The molecule has 4 N–H and O–H groups in total. The van der Waals surface area contributed by atoms with Gasteiger partial charge in [0.05, 0.1) is 18.0 Å². The van der Waals surface area contributed by atoms with E-state index in [0.717, 1.165) is 11.1 Å². The van der Waals surface area contributed by atoms with Crippen molar-refractivity contribution in [2.45, 2.75) is 45.2 Å². The number of rotatable bonds is 7. The van der Waals surface area contributed by atoms with E-state index in [1.54, 1.807) is 18.3 Å². The molecule has 4 rings (SSSR count). The van der Waals surface area contributed by atoms with E-state index in [4.69, 9.17) is 16.0 Å². The minimum Gasteiger partial charge on any atom is -0.382 e. The molecule has 4 aromatic rings. The third-order valence-corrected chi connectivity index (χ3v) is 6.30. The monoisotopic (exact) mass is 469 g/mol. The van der Waals surface area contributed by atoms with Gasteiger partial charge in [-0.05, 0) is 37.5 Å². The first-order chi connectivity index (χ1) is 16.8. The van der Waals surface area contributed by atoms with Gasteiger partial charge in [-0.2, -0.15) is 5.26 Å². The zero-order chi connectivity index (χ0) is 25.2. The molecule has 0 saturated heterocycles. The highest BCUT2D eigenvalue weighted by Crippen LogP contribution is 2.31. The summed E-state index contributed by atoms with van der Waals surface area (Å²) >= 11 is 0. The van der Waals surface area contributed by atoms with Crippen molar-refractivity contribution in [3.05, 3.63) is 70.8 Å². The third kappa shape index (κ3) is 4.44. The Morgan fingerprint density at radius 2 is 1.91 bits per heavy atom. The van der Waals surface area contributed by atoms with Crippen LogP contribution in [0.4, 0.5) is 5.82 Å². The van der Waals surface area contributed by atoms with Crippen LogP contribution in [0.5, 0.6) is 0 Å². The summed E-state index contributed by atoms with van der Waals surface area (Å²) in [6, 6.07) is 14.8. The van der Waals surface area contributed by atoms with E-state index in [9.17, 15) is 10.1 Å². The number of nitrogens with zero attached hydrogens (tertiary/aromatic N) is 5. The van der Waals surface area contributed by atoms with Crippen LogP contribution in [0.3, 0.4) is 0 Å². The number of nitriles is 1. The molecular weight excluding hydrogens is 442 g/mol. The Labute approximate surface area is 203 Å². The number of aromatic nitrogens is 4. The standard InChI is InChI=1S/C26H27N7O2/c1-4-26(5-2,15-27)33-14-19(9-10-23(33)34)21-13-30-25(29)24(31-21)22-12-20(32-35-22)18-8-6-7-17(11-18)16(3)28/h6-14,16H,4-5,28H2,1-3H3,(H2,29,30)/t16-/m1/s1. The van der Waals surface area contributed by atoms with E-state index in [-0.39, 0.29) is 17.4 Å². The summed E-state index contributed by atoms with van der Waals surface area (Å²) in [5.74, 6) is 0.544. The van der Waals surface area contributed by atoms with Crippen LogP contribution >= 0.6 is 0 Å². The maximum absolute atomic E-state index is 12.6. The topological polar surface area (TPSA) is 150 Å². The first-order valence-corrected chi connectivity index (χ1v) is 11.4. The Kier molecular flexibility index (Phi) is 6.49. The molecule has 1 aromatic carbocycles. The van der Waals surface area contributed by atoms with Crippen LogP contribution in [0.1, 0.15) is 45.2 Å². The number of hydrogen-bond acceptors (Lipinski definition) is 8. The molecule has 35 heavy (non-hydrogen) atoms. The maximum Gasteiger partial charge on any atom is 0.251 e. The highest BCUT2D eigenvalue weighted by molar-refractivity contribution is 5.73. The molecule has 0 radical (unpaired) electrons. The van der Waals surface area contributed by atoms with Crippen molar-refractivity contribution in [3.8, 4) is 40.0 Å². The predicted octanol–water partition coefficient (Wildman–Crippen LogP) is 4.27. The SMILES string of the molecule is CCC(C#N)(CC)n1cc(-c2cnc(N)c(-c3cc(-c4cccc([C@@H](C)N)c4)no3)n2)ccc1=O. The Hall–Kier alpha value is -4.29. The third-order valence-electron chi connectivity index (χ3n) is 6.30. The van der Waals surface area contributed by atoms with E-state index < -0.39 is 5.54 Å². The second kappa shape index (κ2) is 9.52. The summed E-state index contributed by atoms with van der Waals surface area (Å²) in [6.07, 6.45) is 4.16. The zero-order valence-electron chi connectivity index (χ0n) is 19.9. The van der Waals surface area contributed by atoms with Crippen LogP contribution in [-0.4, -0.2) is 19.7 Å². The second-order valence-electron chi connectivity index (χ2n) is 8.46. The number of nitrogen functional groups attached to an aromatic ring is 1. The van der Waals surface area contributed by atoms with Crippen LogP contribution in [0.25, 0.3) is 34.0 Å². The van der Waals surface area contributed by atoms with Gasteiger partial charge in [-0.15, -0.1) is 0 Å². The Morgan fingerprint density at radius 1 is 1.14 bits per heavy atom. The summed E-state index contributed by atoms with van der Waals surface area (Å²) in [4.78, 5) is 21.5. The lowest BCUT2D eigenvalue weighted by atomic mass is 9.94. The van der Waals surface area contributed by atoms with Gasteiger partial charge < -0.3 is 16.0 Å². The molecule has 1 atom stereocenters. The van der Waals surface area contributed by atoms with Crippen LogP contribution in [0.2, 0.25) is 0 Å². The summed E-state index contributed by atoms with van der Waals surface area (Å²) in [7, 11) is 0. The van der Waals surface area contributed by atoms with Crippen molar-refractivity contribution >= 4 is 5.82 Å². The molecule has 178 valence electrons. The molecule has 3 aromatic heterocycles. The largest absolute Gasteiger partial charge is 0.382 e. The van der Waals surface area contributed by atoms with Crippen molar-refractivity contribution in [2.24, 2.45) is 5.73 Å². The quantitative estimate of drug-likeness (QED) is 0.407. The fourth-order valence-corrected chi connectivity index (χ4v) is 4.00. The first kappa shape index (κ1) is 23.9. The second-order valence-corrected chi connectivity index (χ2v) is 8.46. The van der Waals surface area contributed by atoms with Crippen molar-refractivity contribution < 1.29 is 4.52 Å². The molecule has 0 unspecified atom stereocenters. The molecule has 0 aliphatic heterocycles. The van der Waals surface area contributed by atoms with Crippen LogP contribution in [0, 0.1) is 11.3 Å². The maximum atomic E-state index is 12.6. The number of pyridine rings is 1. The summed E-state index contributed by atoms with van der Waals surface area (Å²) in [5, 5.41) is 14.0. The number of nitrogens with two attached hydrogens (primary N) is 2. The van der Waals surface area contributed by atoms with Gasteiger partial charge in [-0.1, -0.05) is 37.2 Å². The van der Waals surface area contributed by atoms with E-state index in [2.05, 4.69) is 21.2 Å². The molecule has 0 fully saturated rings. The Bertz CT molecular complexity index is 1460.